The van der Waals surface area contributed by atoms with Crippen molar-refractivity contribution in [1.29, 1.82) is 0 Å². The van der Waals surface area contributed by atoms with Crippen molar-refractivity contribution in [3.8, 4) is 0 Å². The van der Waals surface area contributed by atoms with Crippen LogP contribution in [0.4, 0.5) is 4.79 Å². The predicted molar refractivity (Wildman–Crippen MR) is 69.4 cm³/mol. The third-order valence-electron chi connectivity index (χ3n) is 2.40. The normalized spacial score (nSPS) is 9.78. The Kier molecular flexibility index (Phi) is 8.11. The van der Waals surface area contributed by atoms with Gasteiger partial charge in [0.1, 0.15) is 6.54 Å². The molecule has 0 spiro atoms. The second kappa shape index (κ2) is 8.74. The first-order valence-corrected chi connectivity index (χ1v) is 6.38. The Balaban J connectivity index is 4.23. The van der Waals surface area contributed by atoms with Crippen LogP contribution in [0.1, 0.15) is 20.3 Å². The van der Waals surface area contributed by atoms with Crippen molar-refractivity contribution in [3.05, 3.63) is 0 Å². The Morgan fingerprint density at radius 3 is 2.17 bits per heavy atom. The van der Waals surface area contributed by atoms with Crippen LogP contribution in [-0.2, 0) is 9.59 Å². The quantitative estimate of drug-likeness (QED) is 0.725. The van der Waals surface area contributed by atoms with Crippen molar-refractivity contribution in [2.75, 3.05) is 32.6 Å². The number of nitrogens with zero attached hydrogens (tertiary/aromatic N) is 2. The summed E-state index contributed by atoms with van der Waals surface area (Å²) in [4.78, 5) is 37.2. The molecule has 18 heavy (non-hydrogen) atoms. The second-order valence-electron chi connectivity index (χ2n) is 3.71. The van der Waals surface area contributed by atoms with E-state index in [4.69, 9.17) is 11.6 Å². The van der Waals surface area contributed by atoms with Gasteiger partial charge in [0.15, 0.2) is 0 Å². The van der Waals surface area contributed by atoms with Gasteiger partial charge in [-0.1, -0.05) is 0 Å². The molecule has 0 aromatic rings. The summed E-state index contributed by atoms with van der Waals surface area (Å²) in [7, 11) is 1.46. The van der Waals surface area contributed by atoms with Crippen LogP contribution in [0.25, 0.3) is 0 Å². The van der Waals surface area contributed by atoms with E-state index in [1.807, 2.05) is 13.8 Å². The fourth-order valence-electron chi connectivity index (χ4n) is 1.31. The maximum atomic E-state index is 11.7. The molecule has 0 aromatic carbocycles. The van der Waals surface area contributed by atoms with Gasteiger partial charge in [-0.2, -0.15) is 0 Å². The maximum absolute atomic E-state index is 11.7. The molecule has 0 saturated carbocycles. The highest BCUT2D eigenvalue weighted by Crippen LogP contribution is 1.93. The molecule has 0 rings (SSSR count). The van der Waals surface area contributed by atoms with E-state index in [1.54, 1.807) is 4.90 Å². The van der Waals surface area contributed by atoms with Crippen molar-refractivity contribution in [1.82, 2.24) is 15.1 Å². The molecule has 0 saturated heterocycles. The molecule has 0 atom stereocenters. The molecule has 0 aliphatic heterocycles. The fourth-order valence-corrected chi connectivity index (χ4v) is 1.49. The zero-order valence-electron chi connectivity index (χ0n) is 11.0. The van der Waals surface area contributed by atoms with E-state index in [1.165, 1.54) is 11.9 Å². The fraction of sp³-hybridized carbons (Fsp3) is 0.727. The lowest BCUT2D eigenvalue weighted by Crippen LogP contribution is -2.46. The van der Waals surface area contributed by atoms with Gasteiger partial charge in [-0.05, 0) is 13.8 Å². The van der Waals surface area contributed by atoms with Crippen molar-refractivity contribution in [2.45, 2.75) is 20.3 Å². The molecule has 0 bridgehead atoms. The highest BCUT2D eigenvalue weighted by atomic mass is 35.5. The van der Waals surface area contributed by atoms with Gasteiger partial charge >= 0.3 is 6.03 Å². The Hall–Kier alpha value is -1.30. The molecule has 0 aliphatic carbocycles. The summed E-state index contributed by atoms with van der Waals surface area (Å²) in [6, 6.07) is -0.592. The number of nitrogens with one attached hydrogen (secondary N) is 1. The van der Waals surface area contributed by atoms with Gasteiger partial charge in [0, 0.05) is 32.4 Å². The highest BCUT2D eigenvalue weighted by Gasteiger charge is 2.17. The molecule has 104 valence electrons. The van der Waals surface area contributed by atoms with Gasteiger partial charge in [-0.25, -0.2) is 4.79 Å². The van der Waals surface area contributed by atoms with E-state index in [0.29, 0.717) is 13.1 Å². The third-order valence-corrected chi connectivity index (χ3v) is 2.59. The number of likely N-dealkylation sites (N-methyl/N-ethyl adjacent to an activating group) is 2. The minimum Gasteiger partial charge on any atom is -0.342 e. The number of urea groups is 1. The van der Waals surface area contributed by atoms with Crippen molar-refractivity contribution in [2.24, 2.45) is 0 Å². The number of rotatable bonds is 6. The molecule has 1 N–H and O–H groups in total. The number of carbonyl (C=O) groups is 3. The Morgan fingerprint density at radius 2 is 1.72 bits per heavy atom. The molecule has 0 aliphatic rings. The van der Waals surface area contributed by atoms with Crippen LogP contribution in [0.2, 0.25) is 0 Å². The first-order valence-electron chi connectivity index (χ1n) is 5.84. The number of halogens is 1. The molecule has 0 radical (unpaired) electrons. The first-order chi connectivity index (χ1) is 8.46. The Bertz CT molecular complexity index is 306. The van der Waals surface area contributed by atoms with Gasteiger partial charge in [0.2, 0.25) is 11.8 Å². The van der Waals surface area contributed by atoms with Gasteiger partial charge in [0.05, 0.1) is 0 Å². The Labute approximate surface area is 112 Å². The number of hydrogen-bond donors (Lipinski definition) is 1. The van der Waals surface area contributed by atoms with Crippen LogP contribution < -0.4 is 5.32 Å². The number of carbonyl (C=O) groups excluding carboxylic acids is 3. The lowest BCUT2D eigenvalue weighted by molar-refractivity contribution is -0.131. The standard InChI is InChI=1S/C11H20ClN3O3/c1-4-15(5-2)10(17)8-14(3)11(18)13-9(16)6-7-12/h4-8H2,1-3H3,(H,13,16,18). The monoisotopic (exact) mass is 277 g/mol. The lowest BCUT2D eigenvalue weighted by Gasteiger charge is -2.23. The highest BCUT2D eigenvalue weighted by molar-refractivity contribution is 6.19. The van der Waals surface area contributed by atoms with Crippen LogP contribution in [0.3, 0.4) is 0 Å². The van der Waals surface area contributed by atoms with Gasteiger partial charge in [0.25, 0.3) is 0 Å². The minimum absolute atomic E-state index is 0.0539. The van der Waals surface area contributed by atoms with Crippen LogP contribution in [0, 0.1) is 0 Å². The second-order valence-corrected chi connectivity index (χ2v) is 4.09. The minimum atomic E-state index is -0.592. The molecular formula is C11H20ClN3O3. The summed E-state index contributed by atoms with van der Waals surface area (Å²) >= 11 is 5.38. The third kappa shape index (κ3) is 5.86. The van der Waals surface area contributed by atoms with E-state index < -0.39 is 11.9 Å². The zero-order chi connectivity index (χ0) is 14.1. The summed E-state index contributed by atoms with van der Waals surface area (Å²) < 4.78 is 0. The maximum Gasteiger partial charge on any atom is 0.324 e. The average molecular weight is 278 g/mol. The van der Waals surface area contributed by atoms with E-state index in [0.717, 1.165) is 0 Å². The van der Waals surface area contributed by atoms with Crippen molar-refractivity contribution in [3.63, 3.8) is 0 Å². The van der Waals surface area contributed by atoms with Crippen LogP contribution in [0.5, 0.6) is 0 Å². The number of hydrogen-bond acceptors (Lipinski definition) is 3. The summed E-state index contributed by atoms with van der Waals surface area (Å²) in [5, 5.41) is 2.15. The summed E-state index contributed by atoms with van der Waals surface area (Å²) in [6.45, 7) is 4.87. The van der Waals surface area contributed by atoms with Crippen LogP contribution >= 0.6 is 11.6 Å². The molecule has 0 heterocycles. The Morgan fingerprint density at radius 1 is 1.17 bits per heavy atom. The smallest absolute Gasteiger partial charge is 0.324 e. The molecule has 0 aromatic heterocycles. The molecule has 0 unspecified atom stereocenters. The first kappa shape index (κ1) is 16.7. The number of amides is 4. The van der Waals surface area contributed by atoms with Crippen molar-refractivity contribution < 1.29 is 14.4 Å². The van der Waals surface area contributed by atoms with E-state index in [2.05, 4.69) is 5.32 Å². The number of alkyl halides is 1. The van der Waals surface area contributed by atoms with Gasteiger partial charge < -0.3 is 9.80 Å². The summed E-state index contributed by atoms with van der Waals surface area (Å²) in [5.41, 5.74) is 0. The summed E-state index contributed by atoms with van der Waals surface area (Å²) in [5.74, 6) is -0.444. The average Bonchev–Trinajstić information content (AvgIpc) is 2.30. The van der Waals surface area contributed by atoms with Gasteiger partial charge in [-0.3, -0.25) is 14.9 Å². The summed E-state index contributed by atoms with van der Waals surface area (Å²) in [6.07, 6.45) is 0.0745. The topological polar surface area (TPSA) is 69.7 Å². The molecule has 0 fully saturated rings. The SMILES string of the molecule is CCN(CC)C(=O)CN(C)C(=O)NC(=O)CCCl. The zero-order valence-corrected chi connectivity index (χ0v) is 11.8. The van der Waals surface area contributed by atoms with E-state index in [-0.39, 0.29) is 24.8 Å². The lowest BCUT2D eigenvalue weighted by atomic mass is 10.4. The molecule has 4 amide bonds. The molecular weight excluding hydrogens is 258 g/mol. The molecule has 6 nitrogen and oxygen atoms in total. The van der Waals surface area contributed by atoms with Crippen LogP contribution in [0.15, 0.2) is 0 Å². The largest absolute Gasteiger partial charge is 0.342 e. The predicted octanol–water partition coefficient (Wildman–Crippen LogP) is 0.652. The van der Waals surface area contributed by atoms with Crippen molar-refractivity contribution >= 4 is 29.4 Å². The van der Waals surface area contributed by atoms with Gasteiger partial charge in [-0.15, -0.1) is 11.6 Å². The number of imide groups is 1. The van der Waals surface area contributed by atoms with Crippen LogP contribution in [-0.4, -0.2) is 60.2 Å². The van der Waals surface area contributed by atoms with E-state index in [9.17, 15) is 14.4 Å². The molecule has 7 heteroatoms. The van der Waals surface area contributed by atoms with E-state index >= 15 is 0 Å².